The Bertz CT molecular complexity index is 570. The molecule has 0 radical (unpaired) electrons. The molecular weight excluding hydrogens is 242 g/mol. The lowest BCUT2D eigenvalue weighted by Gasteiger charge is -2.01. The Hall–Kier alpha value is -2.27. The van der Waals surface area contributed by atoms with Crippen LogP contribution in [0.15, 0.2) is 53.9 Å². The number of aryl methyl sites for hydroxylation is 1. The smallest absolute Gasteiger partial charge is 0.258 e. The Kier molecular flexibility index (Phi) is 4.58. The van der Waals surface area contributed by atoms with Crippen molar-refractivity contribution in [1.82, 2.24) is 0 Å². The highest BCUT2D eigenvalue weighted by Crippen LogP contribution is 1.90. The van der Waals surface area contributed by atoms with E-state index in [1.807, 2.05) is 64.8 Å². The molecular formula is C14H17N3O2+2. The van der Waals surface area contributed by atoms with Crippen LogP contribution in [0.25, 0.3) is 0 Å². The van der Waals surface area contributed by atoms with Crippen LogP contribution in [0.1, 0.15) is 11.4 Å². The van der Waals surface area contributed by atoms with Crippen molar-refractivity contribution in [2.45, 2.75) is 20.4 Å². The second-order valence-corrected chi connectivity index (χ2v) is 4.11. The number of rotatable bonds is 5. The Morgan fingerprint density at radius 2 is 1.79 bits per heavy atom. The number of oxime groups is 1. The van der Waals surface area contributed by atoms with Gasteiger partial charge in [0.15, 0.2) is 18.1 Å². The predicted molar refractivity (Wildman–Crippen MR) is 68.5 cm³/mol. The van der Waals surface area contributed by atoms with E-state index in [-0.39, 0.29) is 0 Å². The zero-order chi connectivity index (χ0) is 13.5. The molecule has 0 saturated carbocycles. The molecule has 1 N–H and O–H groups in total. The van der Waals surface area contributed by atoms with Crippen LogP contribution in [-0.2, 0) is 18.2 Å². The minimum atomic E-state index is 0.392. The zero-order valence-corrected chi connectivity index (χ0v) is 10.8. The molecule has 2 heterocycles. The molecule has 0 aliphatic heterocycles. The molecule has 5 nitrogen and oxygen atoms in total. The van der Waals surface area contributed by atoms with E-state index in [0.29, 0.717) is 13.5 Å². The van der Waals surface area contributed by atoms with Gasteiger partial charge in [0.25, 0.3) is 13.5 Å². The van der Waals surface area contributed by atoms with Crippen LogP contribution in [-0.4, -0.2) is 11.4 Å². The molecule has 2 rings (SSSR count). The molecule has 98 valence electrons. The van der Waals surface area contributed by atoms with Gasteiger partial charge in [-0.2, -0.15) is 9.13 Å². The first kappa shape index (κ1) is 13.2. The van der Waals surface area contributed by atoms with Crippen LogP contribution in [0.2, 0.25) is 0 Å². The Labute approximate surface area is 112 Å². The molecule has 0 atom stereocenters. The fourth-order valence-electron chi connectivity index (χ4n) is 1.73. The molecule has 0 aromatic carbocycles. The monoisotopic (exact) mass is 259 g/mol. The first-order valence-corrected chi connectivity index (χ1v) is 6.00. The third-order valence-corrected chi connectivity index (χ3v) is 2.79. The van der Waals surface area contributed by atoms with Crippen molar-refractivity contribution in [2.24, 2.45) is 5.16 Å². The molecule has 2 aromatic heterocycles. The van der Waals surface area contributed by atoms with Gasteiger partial charge in [-0.25, -0.2) is 0 Å². The zero-order valence-electron chi connectivity index (χ0n) is 10.8. The molecule has 0 saturated heterocycles. The summed E-state index contributed by atoms with van der Waals surface area (Å²) in [5.41, 5.74) is 1.91. The van der Waals surface area contributed by atoms with E-state index in [4.69, 9.17) is 9.94 Å². The van der Waals surface area contributed by atoms with Gasteiger partial charge in [0.1, 0.15) is 6.21 Å². The minimum absolute atomic E-state index is 0.392. The second kappa shape index (κ2) is 6.61. The van der Waals surface area contributed by atoms with Crippen molar-refractivity contribution in [1.29, 1.82) is 0 Å². The van der Waals surface area contributed by atoms with Crippen LogP contribution in [0.4, 0.5) is 0 Å². The summed E-state index contributed by atoms with van der Waals surface area (Å²) in [7, 11) is 0. The van der Waals surface area contributed by atoms with Gasteiger partial charge in [-0.05, 0) is 6.07 Å². The molecule has 0 spiro atoms. The van der Waals surface area contributed by atoms with E-state index in [1.165, 1.54) is 6.21 Å². The molecule has 19 heavy (non-hydrogen) atoms. The van der Waals surface area contributed by atoms with Crippen LogP contribution in [0, 0.1) is 6.92 Å². The Morgan fingerprint density at radius 1 is 1.11 bits per heavy atom. The summed E-state index contributed by atoms with van der Waals surface area (Å²) in [5, 5.41) is 11.6. The van der Waals surface area contributed by atoms with Gasteiger partial charge < -0.3 is 5.21 Å². The maximum absolute atomic E-state index is 8.60. The van der Waals surface area contributed by atoms with Crippen LogP contribution >= 0.6 is 0 Å². The van der Waals surface area contributed by atoms with E-state index in [9.17, 15) is 0 Å². The first-order chi connectivity index (χ1) is 9.31. The fourth-order valence-corrected chi connectivity index (χ4v) is 1.73. The number of nitrogens with zero attached hydrogens (tertiary/aromatic N) is 3. The molecule has 0 bridgehead atoms. The van der Waals surface area contributed by atoms with Gasteiger partial charge in [-0.1, -0.05) is 11.2 Å². The molecule has 0 aliphatic carbocycles. The SMILES string of the molecule is Cc1cccc[n+]1COC[n+]1ccccc1/C=N/O. The average molecular weight is 259 g/mol. The van der Waals surface area contributed by atoms with Gasteiger partial charge in [0.05, 0.1) is 0 Å². The second-order valence-electron chi connectivity index (χ2n) is 4.11. The highest BCUT2D eigenvalue weighted by atomic mass is 16.5. The Balaban J connectivity index is 1.98. The Morgan fingerprint density at radius 3 is 2.53 bits per heavy atom. The first-order valence-electron chi connectivity index (χ1n) is 6.00. The van der Waals surface area contributed by atoms with Crippen molar-refractivity contribution in [2.75, 3.05) is 0 Å². The summed E-state index contributed by atoms with van der Waals surface area (Å²) >= 11 is 0. The van der Waals surface area contributed by atoms with Crippen molar-refractivity contribution >= 4 is 6.21 Å². The van der Waals surface area contributed by atoms with Gasteiger partial charge >= 0.3 is 0 Å². The molecule has 0 aliphatic rings. The fraction of sp³-hybridized carbons (Fsp3) is 0.214. The third kappa shape index (κ3) is 3.59. The quantitative estimate of drug-likeness (QED) is 0.377. The number of ether oxygens (including phenoxy) is 1. The van der Waals surface area contributed by atoms with Crippen molar-refractivity contribution in [3.8, 4) is 0 Å². The predicted octanol–water partition coefficient (Wildman–Crippen LogP) is 1.01. The summed E-state index contributed by atoms with van der Waals surface area (Å²) in [6.45, 7) is 2.90. The number of hydrogen-bond donors (Lipinski definition) is 1. The normalized spacial score (nSPS) is 11.0. The highest BCUT2D eigenvalue weighted by molar-refractivity contribution is 5.74. The van der Waals surface area contributed by atoms with Crippen LogP contribution in [0.3, 0.4) is 0 Å². The van der Waals surface area contributed by atoms with Crippen molar-refractivity contribution in [3.05, 3.63) is 60.2 Å². The van der Waals surface area contributed by atoms with E-state index in [2.05, 4.69) is 5.16 Å². The number of pyridine rings is 2. The largest absolute Gasteiger partial charge is 0.411 e. The van der Waals surface area contributed by atoms with Crippen LogP contribution < -0.4 is 9.13 Å². The molecule has 0 amide bonds. The summed E-state index contributed by atoms with van der Waals surface area (Å²) in [4.78, 5) is 0. The summed E-state index contributed by atoms with van der Waals surface area (Å²) in [6, 6.07) is 11.6. The number of aromatic nitrogens is 2. The van der Waals surface area contributed by atoms with Crippen LogP contribution in [0.5, 0.6) is 0 Å². The average Bonchev–Trinajstić information content (AvgIpc) is 2.43. The molecule has 2 aromatic rings. The van der Waals surface area contributed by atoms with Crippen molar-refractivity contribution in [3.63, 3.8) is 0 Å². The molecule has 0 fully saturated rings. The lowest BCUT2D eigenvalue weighted by molar-refractivity contribution is -0.791. The topological polar surface area (TPSA) is 49.6 Å². The highest BCUT2D eigenvalue weighted by Gasteiger charge is 2.09. The maximum Gasteiger partial charge on any atom is 0.258 e. The minimum Gasteiger partial charge on any atom is -0.411 e. The summed E-state index contributed by atoms with van der Waals surface area (Å²) < 4.78 is 9.53. The van der Waals surface area contributed by atoms with E-state index < -0.39 is 0 Å². The molecule has 0 unspecified atom stereocenters. The van der Waals surface area contributed by atoms with E-state index >= 15 is 0 Å². The third-order valence-electron chi connectivity index (χ3n) is 2.79. The van der Waals surface area contributed by atoms with Gasteiger partial charge in [0.2, 0.25) is 5.69 Å². The summed E-state index contributed by atoms with van der Waals surface area (Å²) in [6.07, 6.45) is 5.23. The molecule has 5 heteroatoms. The lowest BCUT2D eigenvalue weighted by atomic mass is 10.3. The standard InChI is InChI=1S/C14H16N3O2/c1-13-6-2-4-8-16(13)11-19-12-17-9-5-3-7-14(17)10-15-18/h2-10H,11-12H2,1H3/q+1/p+1. The van der Waals surface area contributed by atoms with Gasteiger partial charge in [-0.3, -0.25) is 4.74 Å². The number of hydrogen-bond acceptors (Lipinski definition) is 3. The van der Waals surface area contributed by atoms with Gasteiger partial charge in [-0.15, -0.1) is 0 Å². The lowest BCUT2D eigenvalue weighted by Crippen LogP contribution is -2.43. The summed E-state index contributed by atoms with van der Waals surface area (Å²) in [5.74, 6) is 0. The maximum atomic E-state index is 8.60. The van der Waals surface area contributed by atoms with Gasteiger partial charge in [0, 0.05) is 31.2 Å². The van der Waals surface area contributed by atoms with E-state index in [1.54, 1.807) is 0 Å². The van der Waals surface area contributed by atoms with E-state index in [0.717, 1.165) is 11.4 Å². The van der Waals surface area contributed by atoms with Crippen molar-refractivity contribution < 1.29 is 19.1 Å².